The lowest BCUT2D eigenvalue weighted by molar-refractivity contribution is -0.196. The lowest BCUT2D eigenvalue weighted by Gasteiger charge is -2.17. The van der Waals surface area contributed by atoms with E-state index in [1.54, 1.807) is 11.8 Å². The highest BCUT2D eigenvalue weighted by Crippen LogP contribution is 2.30. The summed E-state index contributed by atoms with van der Waals surface area (Å²) in [7, 11) is -3.64. The first-order valence-corrected chi connectivity index (χ1v) is 14.5. The van der Waals surface area contributed by atoms with Crippen LogP contribution in [0.15, 0.2) is 0 Å². The quantitative estimate of drug-likeness (QED) is 0.171. The fourth-order valence-corrected chi connectivity index (χ4v) is 3.42. The van der Waals surface area contributed by atoms with Crippen LogP contribution in [-0.2, 0) is 23.4 Å². The third-order valence-corrected chi connectivity index (χ3v) is 5.52. The predicted molar refractivity (Wildman–Crippen MR) is 125 cm³/mol. The molecule has 0 radical (unpaired) electrons. The van der Waals surface area contributed by atoms with Gasteiger partial charge >= 0.3 is 6.09 Å². The summed E-state index contributed by atoms with van der Waals surface area (Å²) in [5.41, 5.74) is 0. The number of hydrogen-bond donors (Lipinski definition) is 3. The average molecular weight is 497 g/mol. The predicted octanol–water partition coefficient (Wildman–Crippen LogP) is 2.02. The van der Waals surface area contributed by atoms with Gasteiger partial charge < -0.3 is 34.7 Å². The Morgan fingerprint density at radius 3 is 2.09 bits per heavy atom. The first-order valence-electron chi connectivity index (χ1n) is 11.1. The van der Waals surface area contributed by atoms with E-state index in [9.17, 15) is 23.8 Å². The summed E-state index contributed by atoms with van der Waals surface area (Å²) in [6.07, 6.45) is 7.90. The van der Waals surface area contributed by atoms with Crippen LogP contribution in [-0.4, -0.2) is 69.4 Å². The number of unbranched alkanes of at least 4 members (excludes halogenated alkanes) is 5. The second-order valence-corrected chi connectivity index (χ2v) is 10.1. The van der Waals surface area contributed by atoms with Gasteiger partial charge in [-0.05, 0) is 31.9 Å². The Hall–Kier alpha value is -1.29. The number of thioether (sulfide) groups is 1. The molecule has 0 rings (SSSR count). The van der Waals surface area contributed by atoms with Crippen molar-refractivity contribution in [2.45, 2.75) is 57.8 Å². The van der Waals surface area contributed by atoms with E-state index in [1.807, 2.05) is 6.26 Å². The normalized spacial score (nSPS) is 12.6. The van der Waals surface area contributed by atoms with Gasteiger partial charge in [0.05, 0.1) is 13.2 Å². The minimum atomic E-state index is -3.64. The second-order valence-electron chi connectivity index (χ2n) is 7.33. The molecular formula is C20H39N3O7PS-. The largest absolute Gasteiger partial charge is 0.779 e. The van der Waals surface area contributed by atoms with Gasteiger partial charge in [0, 0.05) is 38.3 Å². The molecule has 32 heavy (non-hydrogen) atoms. The highest BCUT2D eigenvalue weighted by atomic mass is 32.2. The van der Waals surface area contributed by atoms with E-state index in [0.29, 0.717) is 32.4 Å². The Balaban J connectivity index is 3.42. The summed E-state index contributed by atoms with van der Waals surface area (Å²) in [4.78, 5) is 45.5. The third kappa shape index (κ3) is 23.4. The van der Waals surface area contributed by atoms with E-state index in [2.05, 4.69) is 20.5 Å². The van der Waals surface area contributed by atoms with Crippen molar-refractivity contribution in [3.63, 3.8) is 0 Å². The molecule has 0 aliphatic heterocycles. The van der Waals surface area contributed by atoms with Gasteiger partial charge in [-0.15, -0.1) is 0 Å². The zero-order valence-electron chi connectivity index (χ0n) is 19.3. The van der Waals surface area contributed by atoms with Crippen molar-refractivity contribution in [2.75, 3.05) is 51.5 Å². The van der Waals surface area contributed by atoms with Crippen molar-refractivity contribution in [3.05, 3.63) is 0 Å². The molecule has 0 aromatic rings. The van der Waals surface area contributed by atoms with Crippen LogP contribution in [0.3, 0.4) is 0 Å². The summed E-state index contributed by atoms with van der Waals surface area (Å²) in [5, 5.41) is 8.20. The van der Waals surface area contributed by atoms with Gasteiger partial charge in [0.2, 0.25) is 11.8 Å². The van der Waals surface area contributed by atoms with Crippen LogP contribution in [0.4, 0.5) is 4.79 Å². The van der Waals surface area contributed by atoms with Crippen molar-refractivity contribution in [1.29, 1.82) is 0 Å². The van der Waals surface area contributed by atoms with Gasteiger partial charge in [0.25, 0.3) is 0 Å². The van der Waals surface area contributed by atoms with Crippen LogP contribution in [0.2, 0.25) is 0 Å². The van der Waals surface area contributed by atoms with Crippen LogP contribution in [0, 0.1) is 0 Å². The van der Waals surface area contributed by atoms with Crippen molar-refractivity contribution < 1.29 is 33.1 Å². The number of alkyl carbamates (subject to hydrolysis) is 1. The Morgan fingerprint density at radius 1 is 0.812 bits per heavy atom. The first-order chi connectivity index (χ1) is 15.2. The summed E-state index contributed by atoms with van der Waals surface area (Å²) < 4.78 is 20.5. The second kappa shape index (κ2) is 20.3. The van der Waals surface area contributed by atoms with Crippen LogP contribution in [0.25, 0.3) is 0 Å². The minimum Gasteiger partial charge on any atom is -0.779 e. The molecule has 12 heteroatoms. The Morgan fingerprint density at radius 2 is 1.41 bits per heavy atom. The number of carbonyl (C=O) groups is 3. The van der Waals surface area contributed by atoms with Crippen LogP contribution >= 0.6 is 19.4 Å². The number of rotatable bonds is 20. The molecule has 3 amide bonds. The molecule has 0 aliphatic rings. The van der Waals surface area contributed by atoms with Crippen molar-refractivity contribution in [3.8, 4) is 0 Å². The fraction of sp³-hybridized carbons (Fsp3) is 0.850. The molecule has 0 aromatic carbocycles. The standard InChI is InChI=1S/C20H40N3O7PS/c1-31(27,28)30-15-9-4-3-7-13-23-20(26)29-16-14-22-18(24)10-6-5-8-12-21-19(25)11-17-32-2/h3-17H2,1-2H3,(H,21,25)(H,22,24)(H,23,26)(H,27,28)/p-1. The third-order valence-electron chi connectivity index (χ3n) is 4.26. The average Bonchev–Trinajstić information content (AvgIpc) is 2.73. The van der Waals surface area contributed by atoms with Gasteiger partial charge in [-0.25, -0.2) is 4.79 Å². The maximum Gasteiger partial charge on any atom is 0.407 e. The molecule has 0 spiro atoms. The summed E-state index contributed by atoms with van der Waals surface area (Å²) in [6, 6.07) is 0. The van der Waals surface area contributed by atoms with Gasteiger partial charge in [-0.2, -0.15) is 11.8 Å². The van der Waals surface area contributed by atoms with Crippen molar-refractivity contribution in [2.24, 2.45) is 0 Å². The van der Waals surface area contributed by atoms with E-state index >= 15 is 0 Å². The Kier molecular flexibility index (Phi) is 19.5. The van der Waals surface area contributed by atoms with E-state index in [0.717, 1.165) is 50.9 Å². The Labute approximate surface area is 195 Å². The molecule has 188 valence electrons. The molecule has 0 saturated heterocycles. The molecule has 0 saturated carbocycles. The summed E-state index contributed by atoms with van der Waals surface area (Å²) in [5.74, 6) is 0.807. The molecule has 1 atom stereocenters. The zero-order valence-corrected chi connectivity index (χ0v) is 21.0. The topological polar surface area (TPSA) is 146 Å². The first kappa shape index (κ1) is 30.7. The van der Waals surface area contributed by atoms with Crippen LogP contribution in [0.5, 0.6) is 0 Å². The molecule has 1 unspecified atom stereocenters. The molecule has 3 N–H and O–H groups in total. The Bertz CT molecular complexity index is 575. The molecule has 0 aromatic heterocycles. The maximum absolute atomic E-state index is 11.7. The molecule has 0 bridgehead atoms. The molecule has 0 fully saturated rings. The molecule has 10 nitrogen and oxygen atoms in total. The minimum absolute atomic E-state index is 0.0680. The van der Waals surface area contributed by atoms with Crippen molar-refractivity contribution >= 4 is 37.3 Å². The summed E-state index contributed by atoms with van der Waals surface area (Å²) in [6.45, 7) is 2.71. The van der Waals surface area contributed by atoms with Gasteiger partial charge in [0.15, 0.2) is 0 Å². The molecule has 0 aliphatic carbocycles. The van der Waals surface area contributed by atoms with Gasteiger partial charge in [-0.3, -0.25) is 9.59 Å². The van der Waals surface area contributed by atoms with Crippen LogP contribution < -0.4 is 20.8 Å². The smallest absolute Gasteiger partial charge is 0.407 e. The van der Waals surface area contributed by atoms with E-state index in [4.69, 9.17) is 4.74 Å². The lowest BCUT2D eigenvalue weighted by atomic mass is 10.2. The van der Waals surface area contributed by atoms with Gasteiger partial charge in [-0.1, -0.05) is 19.3 Å². The van der Waals surface area contributed by atoms with Crippen molar-refractivity contribution in [1.82, 2.24) is 16.0 Å². The zero-order chi connectivity index (χ0) is 24.1. The number of hydrogen-bond acceptors (Lipinski definition) is 8. The van der Waals surface area contributed by atoms with Gasteiger partial charge in [0.1, 0.15) is 14.2 Å². The SMILES string of the molecule is CSCCC(=O)NCCCCCC(=O)NCCOC(=O)NCCCCCCOP(C)(=O)[O-]. The highest BCUT2D eigenvalue weighted by molar-refractivity contribution is 7.98. The number of nitrogens with one attached hydrogen (secondary N) is 3. The van der Waals surface area contributed by atoms with E-state index < -0.39 is 13.7 Å². The lowest BCUT2D eigenvalue weighted by Crippen LogP contribution is -2.31. The molecular weight excluding hydrogens is 457 g/mol. The fourth-order valence-electron chi connectivity index (χ4n) is 2.57. The molecule has 0 heterocycles. The highest BCUT2D eigenvalue weighted by Gasteiger charge is 2.04. The number of ether oxygens (including phenoxy) is 1. The summed E-state index contributed by atoms with van der Waals surface area (Å²) >= 11 is 1.64. The van der Waals surface area contributed by atoms with Crippen LogP contribution in [0.1, 0.15) is 57.8 Å². The number of amides is 3. The van der Waals surface area contributed by atoms with E-state index in [1.165, 1.54) is 0 Å². The number of carbonyl (C=O) groups excluding carboxylic acids is 3. The maximum atomic E-state index is 11.7. The van der Waals surface area contributed by atoms with E-state index in [-0.39, 0.29) is 31.6 Å². The monoisotopic (exact) mass is 496 g/mol.